The van der Waals surface area contributed by atoms with E-state index in [1.165, 1.54) is 18.6 Å². The summed E-state index contributed by atoms with van der Waals surface area (Å²) in [5, 5.41) is 5.90. The van der Waals surface area contributed by atoms with Crippen LogP contribution in [-0.4, -0.2) is 44.1 Å². The smallest absolute Gasteiger partial charge is 0.405 e. The van der Waals surface area contributed by atoms with Crippen molar-refractivity contribution >= 4 is 42.1 Å². The predicted molar refractivity (Wildman–Crippen MR) is 132 cm³/mol. The molecular formula is C23H37BCl2N2O4. The van der Waals surface area contributed by atoms with Gasteiger partial charge in [-0.2, -0.15) is 0 Å². The van der Waals surface area contributed by atoms with E-state index < -0.39 is 13.0 Å². The standard InChI is InChI=1S/C16H19BCl2N2O4.C4H10.C3H8/c18-10-5-6-12(19)11(7-10)16(23)20-8-15(22)21-9-17-24-13-3-1-2-4-14(13)25-17;1-4(2)3;1-3-2/h5-7,13-14H,1-4,8-9H2,(H,20,23)(H,21,22);4H,1-3H3;3H2,1-2H3. The number of fused-ring (bicyclic) bond motifs is 1. The molecule has 1 aliphatic carbocycles. The van der Waals surface area contributed by atoms with E-state index in [1.807, 2.05) is 0 Å². The van der Waals surface area contributed by atoms with Gasteiger partial charge in [-0.3, -0.25) is 9.59 Å². The van der Waals surface area contributed by atoms with Crippen molar-refractivity contribution in [3.63, 3.8) is 0 Å². The van der Waals surface area contributed by atoms with Gasteiger partial charge in [-0.25, -0.2) is 0 Å². The first-order valence-electron chi connectivity index (χ1n) is 11.5. The molecule has 0 spiro atoms. The van der Waals surface area contributed by atoms with Gasteiger partial charge in [0.05, 0.1) is 35.8 Å². The third-order valence-electron chi connectivity index (χ3n) is 4.34. The lowest BCUT2D eigenvalue weighted by Gasteiger charge is -2.22. The molecule has 180 valence electrons. The van der Waals surface area contributed by atoms with Crippen molar-refractivity contribution in [1.29, 1.82) is 0 Å². The Morgan fingerprint density at radius 2 is 1.59 bits per heavy atom. The maximum absolute atomic E-state index is 12.1. The maximum Gasteiger partial charge on any atom is 0.478 e. The average molecular weight is 487 g/mol. The molecule has 0 radical (unpaired) electrons. The fourth-order valence-corrected chi connectivity index (χ4v) is 3.45. The van der Waals surface area contributed by atoms with Gasteiger partial charge < -0.3 is 19.9 Å². The second kappa shape index (κ2) is 15.5. The largest absolute Gasteiger partial charge is 0.478 e. The van der Waals surface area contributed by atoms with Crippen LogP contribution >= 0.6 is 23.2 Å². The molecule has 9 heteroatoms. The molecule has 1 saturated heterocycles. The highest BCUT2D eigenvalue weighted by molar-refractivity contribution is 6.45. The molecule has 0 bridgehead atoms. The second-order valence-electron chi connectivity index (χ2n) is 8.61. The number of nitrogens with one attached hydrogen (secondary N) is 2. The van der Waals surface area contributed by atoms with Crippen LogP contribution in [0.15, 0.2) is 18.2 Å². The first kappa shape index (κ1) is 28.8. The van der Waals surface area contributed by atoms with Crippen molar-refractivity contribution in [3.05, 3.63) is 33.8 Å². The lowest BCUT2D eigenvalue weighted by molar-refractivity contribution is -0.119. The molecule has 2 atom stereocenters. The molecule has 1 aromatic carbocycles. The molecule has 2 aliphatic rings. The van der Waals surface area contributed by atoms with Crippen molar-refractivity contribution in [2.75, 3.05) is 13.0 Å². The molecule has 32 heavy (non-hydrogen) atoms. The zero-order chi connectivity index (χ0) is 24.1. The molecule has 1 saturated carbocycles. The Balaban J connectivity index is 0.000000645. The number of hydrogen-bond donors (Lipinski definition) is 2. The van der Waals surface area contributed by atoms with Crippen LogP contribution in [-0.2, 0) is 14.1 Å². The highest BCUT2D eigenvalue weighted by Gasteiger charge is 2.40. The molecule has 1 aromatic rings. The normalized spacial score (nSPS) is 19.2. The van der Waals surface area contributed by atoms with Crippen LogP contribution in [0.25, 0.3) is 0 Å². The van der Waals surface area contributed by atoms with E-state index in [0.717, 1.165) is 31.6 Å². The number of amides is 2. The zero-order valence-electron chi connectivity index (χ0n) is 19.9. The number of halogens is 2. The summed E-state index contributed by atoms with van der Waals surface area (Å²) in [7, 11) is -0.421. The van der Waals surface area contributed by atoms with Crippen LogP contribution in [0.3, 0.4) is 0 Å². The zero-order valence-corrected chi connectivity index (χ0v) is 21.4. The summed E-state index contributed by atoms with van der Waals surface area (Å²) < 4.78 is 11.6. The average Bonchev–Trinajstić information content (AvgIpc) is 3.15. The molecule has 0 aromatic heterocycles. The Morgan fingerprint density at radius 3 is 2.12 bits per heavy atom. The number of benzene rings is 1. The topological polar surface area (TPSA) is 76.7 Å². The summed E-state index contributed by atoms with van der Waals surface area (Å²) >= 11 is 11.8. The number of hydrogen-bond acceptors (Lipinski definition) is 4. The summed E-state index contributed by atoms with van der Waals surface area (Å²) in [6.07, 6.45) is 6.11. The Morgan fingerprint density at radius 1 is 1.06 bits per heavy atom. The SMILES string of the molecule is CC(C)C.CCC.O=C(CNC(=O)c1cc(Cl)ccc1Cl)NCB1OC2CCCCC2O1. The van der Waals surface area contributed by atoms with Gasteiger partial charge in [0, 0.05) is 5.02 Å². The van der Waals surface area contributed by atoms with Crippen molar-refractivity contribution in [3.8, 4) is 0 Å². The number of carbonyl (C=O) groups excluding carboxylic acids is 2. The van der Waals surface area contributed by atoms with Gasteiger partial charge >= 0.3 is 7.12 Å². The van der Waals surface area contributed by atoms with Crippen molar-refractivity contribution in [1.82, 2.24) is 10.6 Å². The highest BCUT2D eigenvalue weighted by Crippen LogP contribution is 2.29. The Bertz CT molecular complexity index is 704. The third kappa shape index (κ3) is 11.0. The fourth-order valence-electron chi connectivity index (χ4n) is 3.08. The monoisotopic (exact) mass is 486 g/mol. The number of rotatable bonds is 5. The van der Waals surface area contributed by atoms with E-state index in [4.69, 9.17) is 32.5 Å². The molecule has 1 heterocycles. The van der Waals surface area contributed by atoms with E-state index in [2.05, 4.69) is 45.3 Å². The number of carbonyl (C=O) groups is 2. The molecule has 2 unspecified atom stereocenters. The van der Waals surface area contributed by atoms with Gasteiger partial charge in [0.1, 0.15) is 0 Å². The molecule has 2 fully saturated rings. The van der Waals surface area contributed by atoms with E-state index in [9.17, 15) is 9.59 Å². The molecule has 2 N–H and O–H groups in total. The third-order valence-corrected chi connectivity index (χ3v) is 4.91. The van der Waals surface area contributed by atoms with Crippen LogP contribution in [0.2, 0.25) is 10.0 Å². The predicted octanol–water partition coefficient (Wildman–Crippen LogP) is 5.30. The minimum atomic E-state index is -0.456. The van der Waals surface area contributed by atoms with Gasteiger partial charge in [0.25, 0.3) is 5.91 Å². The summed E-state index contributed by atoms with van der Waals surface area (Å²) in [6, 6.07) is 4.58. The molecule has 2 amide bonds. The summed E-state index contributed by atoms with van der Waals surface area (Å²) in [5.41, 5.74) is 0.230. The maximum atomic E-state index is 12.1. The quantitative estimate of drug-likeness (QED) is 0.553. The summed E-state index contributed by atoms with van der Waals surface area (Å²) in [4.78, 5) is 24.0. The molecule has 1 aliphatic heterocycles. The van der Waals surface area contributed by atoms with Gasteiger partial charge in [0.2, 0.25) is 5.91 Å². The van der Waals surface area contributed by atoms with E-state index in [-0.39, 0.29) is 41.7 Å². The van der Waals surface area contributed by atoms with Gasteiger partial charge in [0.15, 0.2) is 0 Å². The lowest BCUT2D eigenvalue weighted by Crippen LogP contribution is -2.42. The highest BCUT2D eigenvalue weighted by atomic mass is 35.5. The summed E-state index contributed by atoms with van der Waals surface area (Å²) in [6.45, 7) is 10.6. The van der Waals surface area contributed by atoms with Gasteiger partial charge in [-0.05, 0) is 37.0 Å². The van der Waals surface area contributed by atoms with Gasteiger partial charge in [-0.15, -0.1) is 0 Å². The Hall–Kier alpha value is -1.28. The van der Waals surface area contributed by atoms with Gasteiger partial charge in [-0.1, -0.05) is 77.1 Å². The van der Waals surface area contributed by atoms with Crippen LogP contribution in [0.4, 0.5) is 0 Å². The molecule has 6 nitrogen and oxygen atoms in total. The van der Waals surface area contributed by atoms with Crippen LogP contribution in [0.5, 0.6) is 0 Å². The van der Waals surface area contributed by atoms with Crippen LogP contribution in [0.1, 0.15) is 77.1 Å². The van der Waals surface area contributed by atoms with E-state index in [0.29, 0.717) is 5.02 Å². The second-order valence-corrected chi connectivity index (χ2v) is 9.46. The minimum Gasteiger partial charge on any atom is -0.405 e. The first-order chi connectivity index (χ1) is 15.2. The molecular weight excluding hydrogens is 450 g/mol. The van der Waals surface area contributed by atoms with E-state index in [1.54, 1.807) is 6.07 Å². The van der Waals surface area contributed by atoms with Crippen molar-refractivity contribution in [2.45, 2.75) is 78.9 Å². The van der Waals surface area contributed by atoms with Crippen LogP contribution < -0.4 is 10.6 Å². The fraction of sp³-hybridized carbons (Fsp3) is 0.652. The first-order valence-corrected chi connectivity index (χ1v) is 12.2. The van der Waals surface area contributed by atoms with Crippen molar-refractivity contribution in [2.24, 2.45) is 5.92 Å². The Labute approximate surface area is 203 Å². The summed E-state index contributed by atoms with van der Waals surface area (Å²) in [5.74, 6) is 0.0515. The van der Waals surface area contributed by atoms with Crippen molar-refractivity contribution < 1.29 is 18.9 Å². The minimum absolute atomic E-state index is 0.139. The van der Waals surface area contributed by atoms with Crippen LogP contribution in [0, 0.1) is 5.92 Å². The van der Waals surface area contributed by atoms with E-state index >= 15 is 0 Å². The Kier molecular flexibility index (Phi) is 14.0. The lowest BCUT2D eigenvalue weighted by atomic mass is 9.91. The molecule has 3 rings (SSSR count).